The van der Waals surface area contributed by atoms with Crippen molar-refractivity contribution in [2.75, 3.05) is 12.9 Å². The number of carboxylic acid groups (broad SMARTS) is 1. The minimum absolute atomic E-state index is 0.00477. The summed E-state index contributed by atoms with van der Waals surface area (Å²) >= 11 is 1.38. The Hall–Kier alpha value is -1.92. The number of benzene rings is 1. The first kappa shape index (κ1) is 16.5. The second-order valence-corrected chi connectivity index (χ2v) is 5.42. The van der Waals surface area contributed by atoms with Crippen molar-refractivity contribution >= 4 is 17.7 Å². The van der Waals surface area contributed by atoms with E-state index in [2.05, 4.69) is 9.97 Å². The molecule has 0 unspecified atom stereocenters. The lowest BCUT2D eigenvalue weighted by Gasteiger charge is -2.13. The molecule has 0 saturated heterocycles. The molecule has 2 rings (SSSR count). The highest BCUT2D eigenvalue weighted by Gasteiger charge is 2.15. The lowest BCUT2D eigenvalue weighted by Crippen LogP contribution is -2.04. The van der Waals surface area contributed by atoms with Crippen LogP contribution in [-0.2, 0) is 4.74 Å². The molecule has 1 heterocycles. The smallest absolute Gasteiger partial charge is 0.339 e. The van der Waals surface area contributed by atoms with Crippen LogP contribution in [0.4, 0.5) is 0 Å². The zero-order chi connectivity index (χ0) is 16.1. The number of aromatic nitrogens is 2. The van der Waals surface area contributed by atoms with Gasteiger partial charge in [0.05, 0.1) is 11.8 Å². The first-order valence-corrected chi connectivity index (χ1v) is 8.15. The molecule has 1 atom stereocenters. The number of ether oxygens (including phenoxy) is 1. The van der Waals surface area contributed by atoms with Crippen molar-refractivity contribution in [1.29, 1.82) is 0 Å². The summed E-state index contributed by atoms with van der Waals surface area (Å²) in [6.45, 7) is 4.58. The van der Waals surface area contributed by atoms with Crippen LogP contribution < -0.4 is 0 Å². The van der Waals surface area contributed by atoms with Gasteiger partial charge < -0.3 is 9.84 Å². The molecule has 0 bridgehead atoms. The number of aromatic carboxylic acids is 1. The Morgan fingerprint density at radius 3 is 2.59 bits per heavy atom. The molecule has 0 aliphatic rings. The van der Waals surface area contributed by atoms with Gasteiger partial charge in [-0.05, 0) is 25.7 Å². The highest BCUT2D eigenvalue weighted by Crippen LogP contribution is 2.26. The quantitative estimate of drug-likeness (QED) is 0.647. The Labute approximate surface area is 133 Å². The molecule has 0 fully saturated rings. The van der Waals surface area contributed by atoms with Crippen molar-refractivity contribution in [2.24, 2.45) is 0 Å². The van der Waals surface area contributed by atoms with Crippen LogP contribution in [0.5, 0.6) is 0 Å². The van der Waals surface area contributed by atoms with Crippen LogP contribution in [0.15, 0.2) is 35.6 Å². The molecule has 0 saturated carbocycles. The summed E-state index contributed by atoms with van der Waals surface area (Å²) < 4.78 is 5.55. The number of hydrogen-bond acceptors (Lipinski definition) is 5. The number of carboxylic acids is 1. The maximum absolute atomic E-state index is 11.3. The Kier molecular flexibility index (Phi) is 5.51. The van der Waals surface area contributed by atoms with Gasteiger partial charge in [0.25, 0.3) is 0 Å². The third-order valence-electron chi connectivity index (χ3n) is 3.25. The fraction of sp³-hybridized carbons (Fsp3) is 0.312. The normalized spacial score (nSPS) is 12.1. The monoisotopic (exact) mass is 318 g/mol. The van der Waals surface area contributed by atoms with Crippen molar-refractivity contribution in [3.8, 4) is 11.3 Å². The van der Waals surface area contributed by atoms with Gasteiger partial charge >= 0.3 is 5.97 Å². The molecule has 22 heavy (non-hydrogen) atoms. The van der Waals surface area contributed by atoms with Crippen molar-refractivity contribution in [2.45, 2.75) is 25.1 Å². The molecule has 1 aromatic carbocycles. The largest absolute Gasteiger partial charge is 0.478 e. The van der Waals surface area contributed by atoms with E-state index in [1.165, 1.54) is 18.0 Å². The topological polar surface area (TPSA) is 72.3 Å². The third kappa shape index (κ3) is 3.64. The van der Waals surface area contributed by atoms with Gasteiger partial charge in [-0.3, -0.25) is 0 Å². The molecule has 1 aromatic heterocycles. The Morgan fingerprint density at radius 2 is 2.05 bits per heavy atom. The second-order valence-electron chi connectivity index (χ2n) is 4.64. The third-order valence-corrected chi connectivity index (χ3v) is 3.81. The van der Waals surface area contributed by atoms with Crippen molar-refractivity contribution < 1.29 is 14.6 Å². The van der Waals surface area contributed by atoms with E-state index in [4.69, 9.17) is 4.74 Å². The predicted octanol–water partition coefficient (Wildman–Crippen LogP) is 3.66. The van der Waals surface area contributed by atoms with E-state index in [0.717, 1.165) is 11.1 Å². The summed E-state index contributed by atoms with van der Waals surface area (Å²) in [5, 5.41) is 9.84. The minimum Gasteiger partial charge on any atom is -0.478 e. The Balaban J connectivity index is 2.40. The van der Waals surface area contributed by atoms with Crippen LogP contribution in [0.2, 0.25) is 0 Å². The zero-order valence-corrected chi connectivity index (χ0v) is 13.6. The van der Waals surface area contributed by atoms with Crippen LogP contribution in [0.25, 0.3) is 11.3 Å². The Bertz CT molecular complexity index is 659. The lowest BCUT2D eigenvalue weighted by atomic mass is 10.0. The molecule has 5 nitrogen and oxygen atoms in total. The molecule has 2 aromatic rings. The van der Waals surface area contributed by atoms with E-state index in [1.54, 1.807) is 0 Å². The molecule has 0 radical (unpaired) electrons. The molecule has 0 aliphatic carbocycles. The SMILES string of the molecule is CCO[C@H](C)c1ccc(-c2nc(SC)ncc2C(=O)O)cc1. The summed E-state index contributed by atoms with van der Waals surface area (Å²) in [7, 11) is 0. The second kappa shape index (κ2) is 7.38. The zero-order valence-electron chi connectivity index (χ0n) is 12.7. The van der Waals surface area contributed by atoms with Gasteiger partial charge in [-0.15, -0.1) is 0 Å². The molecular formula is C16H18N2O3S. The van der Waals surface area contributed by atoms with Gasteiger partial charge in [-0.2, -0.15) is 0 Å². The van der Waals surface area contributed by atoms with E-state index in [0.29, 0.717) is 17.5 Å². The molecule has 0 aliphatic heterocycles. The van der Waals surface area contributed by atoms with Gasteiger partial charge in [-0.25, -0.2) is 14.8 Å². The summed E-state index contributed by atoms with van der Waals surface area (Å²) in [6, 6.07) is 7.60. The number of hydrogen-bond donors (Lipinski definition) is 1. The highest BCUT2D eigenvalue weighted by atomic mass is 32.2. The van der Waals surface area contributed by atoms with Crippen LogP contribution in [0.1, 0.15) is 35.9 Å². The maximum Gasteiger partial charge on any atom is 0.339 e. The van der Waals surface area contributed by atoms with Crippen LogP contribution >= 0.6 is 11.8 Å². The van der Waals surface area contributed by atoms with Crippen LogP contribution in [-0.4, -0.2) is 33.9 Å². The van der Waals surface area contributed by atoms with E-state index >= 15 is 0 Å². The van der Waals surface area contributed by atoms with Gasteiger partial charge in [-0.1, -0.05) is 36.0 Å². The standard InChI is InChI=1S/C16H18N2O3S/c1-4-21-10(2)11-5-7-12(8-6-11)14-13(15(19)20)9-17-16(18-14)22-3/h5-10H,4H2,1-3H3,(H,19,20)/t10-/m1/s1. The van der Waals surface area contributed by atoms with Crippen LogP contribution in [0.3, 0.4) is 0 Å². The highest BCUT2D eigenvalue weighted by molar-refractivity contribution is 7.98. The molecule has 6 heteroatoms. The number of carbonyl (C=O) groups is 1. The van der Waals surface area contributed by atoms with E-state index < -0.39 is 5.97 Å². The fourth-order valence-corrected chi connectivity index (χ4v) is 2.44. The average molecular weight is 318 g/mol. The number of thioether (sulfide) groups is 1. The van der Waals surface area contributed by atoms with Crippen LogP contribution in [0, 0.1) is 0 Å². The minimum atomic E-state index is -1.03. The van der Waals surface area contributed by atoms with Gasteiger partial charge in [0.1, 0.15) is 5.56 Å². The number of nitrogens with zero attached hydrogens (tertiary/aromatic N) is 2. The van der Waals surface area contributed by atoms with Crippen molar-refractivity contribution in [1.82, 2.24) is 9.97 Å². The Morgan fingerprint density at radius 1 is 1.36 bits per heavy atom. The molecule has 0 spiro atoms. The van der Waals surface area contributed by atoms with Gasteiger partial charge in [0.15, 0.2) is 5.16 Å². The summed E-state index contributed by atoms with van der Waals surface area (Å²) in [4.78, 5) is 19.7. The van der Waals surface area contributed by atoms with Gasteiger partial charge in [0, 0.05) is 18.4 Å². The molecule has 116 valence electrons. The molecule has 0 amide bonds. The molecular weight excluding hydrogens is 300 g/mol. The molecule has 1 N–H and O–H groups in total. The summed E-state index contributed by atoms with van der Waals surface area (Å²) in [5.41, 5.74) is 2.33. The average Bonchev–Trinajstić information content (AvgIpc) is 2.54. The van der Waals surface area contributed by atoms with E-state index in [1.807, 2.05) is 44.4 Å². The van der Waals surface area contributed by atoms with Gasteiger partial charge in [0.2, 0.25) is 0 Å². The van der Waals surface area contributed by atoms with Crippen molar-refractivity contribution in [3.05, 3.63) is 41.6 Å². The lowest BCUT2D eigenvalue weighted by molar-refractivity contribution is 0.0696. The summed E-state index contributed by atoms with van der Waals surface area (Å²) in [6.07, 6.45) is 3.21. The number of rotatable bonds is 6. The fourth-order valence-electron chi connectivity index (χ4n) is 2.10. The van der Waals surface area contributed by atoms with E-state index in [-0.39, 0.29) is 11.7 Å². The first-order valence-electron chi connectivity index (χ1n) is 6.93. The van der Waals surface area contributed by atoms with E-state index in [9.17, 15) is 9.90 Å². The maximum atomic E-state index is 11.3. The first-order chi connectivity index (χ1) is 10.6. The van der Waals surface area contributed by atoms with Crippen molar-refractivity contribution in [3.63, 3.8) is 0 Å². The predicted molar refractivity (Wildman–Crippen MR) is 86.2 cm³/mol. The summed E-state index contributed by atoms with van der Waals surface area (Å²) in [5.74, 6) is -1.03.